The van der Waals surface area contributed by atoms with E-state index in [2.05, 4.69) is 4.98 Å². The molecular formula is C10H13N3O3S. The third kappa shape index (κ3) is 2.14. The number of carboxylic acids is 1. The Labute approximate surface area is 103 Å². The van der Waals surface area contributed by atoms with Crippen LogP contribution in [0.3, 0.4) is 0 Å². The smallest absolute Gasteiger partial charge is 0.327 e. The molecule has 0 radical (unpaired) electrons. The molecule has 0 bridgehead atoms. The number of carboxylic acid groups (broad SMARTS) is 1. The highest BCUT2D eigenvalue weighted by molar-refractivity contribution is 8.00. The summed E-state index contributed by atoms with van der Waals surface area (Å²) in [6.45, 7) is 1.83. The monoisotopic (exact) mass is 255 g/mol. The second-order valence-electron chi connectivity index (χ2n) is 3.92. The quantitative estimate of drug-likeness (QED) is 0.828. The maximum atomic E-state index is 12.2. The Morgan fingerprint density at radius 3 is 2.82 bits per heavy atom. The van der Waals surface area contributed by atoms with Crippen LogP contribution in [0.2, 0.25) is 0 Å². The highest BCUT2D eigenvalue weighted by Crippen LogP contribution is 2.29. The number of rotatable bonds is 2. The van der Waals surface area contributed by atoms with E-state index in [1.165, 1.54) is 23.0 Å². The summed E-state index contributed by atoms with van der Waals surface area (Å²) in [5.41, 5.74) is 0.285. The summed E-state index contributed by atoms with van der Waals surface area (Å²) < 4.78 is 1.66. The lowest BCUT2D eigenvalue weighted by atomic mass is 10.2. The number of hydrogen-bond acceptors (Lipinski definition) is 4. The number of aromatic nitrogens is 2. The maximum Gasteiger partial charge on any atom is 0.327 e. The summed E-state index contributed by atoms with van der Waals surface area (Å²) in [6, 6.07) is -0.760. The molecule has 1 aliphatic rings. The fourth-order valence-electron chi connectivity index (χ4n) is 1.80. The van der Waals surface area contributed by atoms with E-state index >= 15 is 0 Å². The molecule has 2 atom stereocenters. The van der Waals surface area contributed by atoms with Crippen molar-refractivity contribution in [3.8, 4) is 0 Å². The highest BCUT2D eigenvalue weighted by Gasteiger charge is 2.40. The number of amides is 1. The van der Waals surface area contributed by atoms with Gasteiger partial charge >= 0.3 is 5.97 Å². The average molecular weight is 255 g/mol. The van der Waals surface area contributed by atoms with E-state index in [1.807, 2.05) is 6.92 Å². The van der Waals surface area contributed by atoms with E-state index in [1.54, 1.807) is 17.8 Å². The first-order chi connectivity index (χ1) is 8.00. The van der Waals surface area contributed by atoms with E-state index < -0.39 is 12.0 Å². The fourth-order valence-corrected chi connectivity index (χ4v) is 2.96. The van der Waals surface area contributed by atoms with Crippen molar-refractivity contribution in [3.63, 3.8) is 0 Å². The Morgan fingerprint density at radius 2 is 2.29 bits per heavy atom. The van der Waals surface area contributed by atoms with Crippen LogP contribution in [0.4, 0.5) is 0 Å². The summed E-state index contributed by atoms with van der Waals surface area (Å²) in [5, 5.41) is 8.94. The van der Waals surface area contributed by atoms with Crippen LogP contribution < -0.4 is 0 Å². The van der Waals surface area contributed by atoms with E-state index in [0.29, 0.717) is 5.75 Å². The number of aliphatic carboxylic acids is 1. The zero-order chi connectivity index (χ0) is 12.6. The Morgan fingerprint density at radius 1 is 1.59 bits per heavy atom. The van der Waals surface area contributed by atoms with Gasteiger partial charge in [0.15, 0.2) is 0 Å². The summed E-state index contributed by atoms with van der Waals surface area (Å²) in [5.74, 6) is -0.864. The first-order valence-electron chi connectivity index (χ1n) is 5.15. The predicted octanol–water partition coefficient (Wildman–Crippen LogP) is 0.408. The Kier molecular flexibility index (Phi) is 3.10. The van der Waals surface area contributed by atoms with Crippen molar-refractivity contribution in [2.24, 2.45) is 7.05 Å². The maximum absolute atomic E-state index is 12.2. The molecule has 0 aliphatic carbocycles. The van der Waals surface area contributed by atoms with Gasteiger partial charge in [-0.05, 0) is 6.92 Å². The Balaban J connectivity index is 2.25. The van der Waals surface area contributed by atoms with Gasteiger partial charge in [0, 0.05) is 19.0 Å². The minimum atomic E-state index is -0.967. The van der Waals surface area contributed by atoms with Crippen molar-refractivity contribution in [2.45, 2.75) is 18.3 Å². The molecule has 0 spiro atoms. The zero-order valence-electron chi connectivity index (χ0n) is 9.53. The molecule has 2 heterocycles. The molecule has 92 valence electrons. The van der Waals surface area contributed by atoms with Crippen LogP contribution in [0.25, 0.3) is 0 Å². The second kappa shape index (κ2) is 4.40. The molecule has 1 aromatic rings. The van der Waals surface area contributed by atoms with Crippen molar-refractivity contribution in [2.75, 3.05) is 5.75 Å². The van der Waals surface area contributed by atoms with Gasteiger partial charge in [-0.3, -0.25) is 4.79 Å². The van der Waals surface area contributed by atoms with Gasteiger partial charge in [0.2, 0.25) is 0 Å². The fraction of sp³-hybridized carbons (Fsp3) is 0.500. The van der Waals surface area contributed by atoms with Gasteiger partial charge in [-0.1, -0.05) is 0 Å². The van der Waals surface area contributed by atoms with Crippen molar-refractivity contribution >= 4 is 23.6 Å². The van der Waals surface area contributed by atoms with E-state index in [-0.39, 0.29) is 17.0 Å². The summed E-state index contributed by atoms with van der Waals surface area (Å²) in [6.07, 6.45) is 3.12. The number of hydrogen-bond donors (Lipinski definition) is 1. The van der Waals surface area contributed by atoms with Gasteiger partial charge in [0.05, 0.1) is 11.7 Å². The molecule has 2 unspecified atom stereocenters. The third-order valence-electron chi connectivity index (χ3n) is 2.67. The topological polar surface area (TPSA) is 75.4 Å². The summed E-state index contributed by atoms with van der Waals surface area (Å²) in [4.78, 5) is 28.6. The molecule has 0 aromatic carbocycles. The lowest BCUT2D eigenvalue weighted by Gasteiger charge is -2.23. The zero-order valence-corrected chi connectivity index (χ0v) is 10.3. The van der Waals surface area contributed by atoms with Crippen molar-refractivity contribution in [3.05, 3.63) is 18.2 Å². The minimum Gasteiger partial charge on any atom is -0.480 e. The molecular weight excluding hydrogens is 242 g/mol. The second-order valence-corrected chi connectivity index (χ2v) is 5.27. The summed E-state index contributed by atoms with van der Waals surface area (Å²) >= 11 is 1.46. The van der Waals surface area contributed by atoms with Gasteiger partial charge in [0.25, 0.3) is 5.91 Å². The van der Waals surface area contributed by atoms with Crippen LogP contribution in [-0.4, -0.2) is 48.6 Å². The van der Waals surface area contributed by atoms with Gasteiger partial charge in [0.1, 0.15) is 11.7 Å². The lowest BCUT2D eigenvalue weighted by Crippen LogP contribution is -2.44. The third-order valence-corrected chi connectivity index (χ3v) is 3.88. The van der Waals surface area contributed by atoms with Gasteiger partial charge in [-0.25, -0.2) is 9.78 Å². The average Bonchev–Trinajstić information content (AvgIpc) is 2.83. The molecule has 17 heavy (non-hydrogen) atoms. The number of carbonyl (C=O) groups excluding carboxylic acids is 1. The van der Waals surface area contributed by atoms with Crippen LogP contribution in [0.15, 0.2) is 12.5 Å². The SMILES string of the molecule is CC1SCC(C(=O)O)N1C(=O)c1cn(C)cn1. The van der Waals surface area contributed by atoms with E-state index in [4.69, 9.17) is 5.11 Å². The standard InChI is InChI=1S/C10H13N3O3S/c1-6-13(8(4-17-6)10(15)16)9(14)7-3-12(2)5-11-7/h3,5-6,8H,4H2,1-2H3,(H,15,16). The van der Waals surface area contributed by atoms with Gasteiger partial charge in [-0.2, -0.15) is 0 Å². The molecule has 1 fully saturated rings. The Hall–Kier alpha value is -1.50. The molecule has 6 nitrogen and oxygen atoms in total. The van der Waals surface area contributed by atoms with Gasteiger partial charge in [-0.15, -0.1) is 11.8 Å². The van der Waals surface area contributed by atoms with Crippen molar-refractivity contribution in [1.29, 1.82) is 0 Å². The Bertz CT molecular complexity index is 459. The molecule has 2 rings (SSSR count). The minimum absolute atomic E-state index is 0.134. The molecule has 1 amide bonds. The van der Waals surface area contributed by atoms with Crippen LogP contribution in [-0.2, 0) is 11.8 Å². The molecule has 0 saturated carbocycles. The lowest BCUT2D eigenvalue weighted by molar-refractivity contribution is -0.141. The van der Waals surface area contributed by atoms with Crippen LogP contribution in [0.1, 0.15) is 17.4 Å². The molecule has 1 saturated heterocycles. The first kappa shape index (κ1) is 12.0. The number of imidazole rings is 1. The van der Waals surface area contributed by atoms with Crippen LogP contribution in [0, 0.1) is 0 Å². The summed E-state index contributed by atoms with van der Waals surface area (Å²) in [7, 11) is 1.76. The largest absolute Gasteiger partial charge is 0.480 e. The van der Waals surface area contributed by atoms with Crippen molar-refractivity contribution in [1.82, 2.24) is 14.5 Å². The van der Waals surface area contributed by atoms with Crippen LogP contribution >= 0.6 is 11.8 Å². The van der Waals surface area contributed by atoms with E-state index in [9.17, 15) is 9.59 Å². The predicted molar refractivity (Wildman–Crippen MR) is 62.7 cm³/mol. The highest BCUT2D eigenvalue weighted by atomic mass is 32.2. The number of thioether (sulfide) groups is 1. The molecule has 1 N–H and O–H groups in total. The van der Waals surface area contributed by atoms with Crippen LogP contribution in [0.5, 0.6) is 0 Å². The van der Waals surface area contributed by atoms with E-state index in [0.717, 1.165) is 0 Å². The number of carbonyl (C=O) groups is 2. The normalized spacial score (nSPS) is 24.0. The molecule has 7 heteroatoms. The number of nitrogens with zero attached hydrogens (tertiary/aromatic N) is 3. The molecule has 1 aromatic heterocycles. The van der Waals surface area contributed by atoms with Crippen molar-refractivity contribution < 1.29 is 14.7 Å². The first-order valence-corrected chi connectivity index (χ1v) is 6.20. The number of aryl methyl sites for hydroxylation is 1. The van der Waals surface area contributed by atoms with Gasteiger partial charge < -0.3 is 14.6 Å². The molecule has 1 aliphatic heterocycles.